The van der Waals surface area contributed by atoms with Gasteiger partial charge in [0.15, 0.2) is 11.5 Å². The zero-order valence-corrected chi connectivity index (χ0v) is 17.0. The van der Waals surface area contributed by atoms with Crippen LogP contribution in [0.2, 0.25) is 5.02 Å². The number of nitrogens with zero attached hydrogens (tertiary/aromatic N) is 1. The number of nitrogens with one attached hydrogen (secondary N) is 2. The molecule has 9 heteroatoms. The number of ether oxygens (including phenoxy) is 3. The van der Waals surface area contributed by atoms with Gasteiger partial charge in [0.05, 0.1) is 30.0 Å². The predicted octanol–water partition coefficient (Wildman–Crippen LogP) is 2.20. The van der Waals surface area contributed by atoms with Crippen molar-refractivity contribution in [3.63, 3.8) is 0 Å². The summed E-state index contributed by atoms with van der Waals surface area (Å²) in [6, 6.07) is 12.3. The highest BCUT2D eigenvalue weighted by Gasteiger charge is 2.26. The Morgan fingerprint density at radius 2 is 1.80 bits per heavy atom. The molecule has 4 rings (SSSR count). The molecule has 0 radical (unpaired) electrons. The summed E-state index contributed by atoms with van der Waals surface area (Å²) in [5.74, 6) is -0.125. The van der Waals surface area contributed by atoms with Crippen molar-refractivity contribution < 1.29 is 23.8 Å². The average Bonchev–Trinajstić information content (AvgIpc) is 3.24. The van der Waals surface area contributed by atoms with Crippen LogP contribution < -0.4 is 20.1 Å². The van der Waals surface area contributed by atoms with Gasteiger partial charge in [-0.3, -0.25) is 14.5 Å². The predicted molar refractivity (Wildman–Crippen MR) is 111 cm³/mol. The summed E-state index contributed by atoms with van der Waals surface area (Å²) >= 11 is 6.04. The van der Waals surface area contributed by atoms with Crippen molar-refractivity contribution in [2.45, 2.75) is 6.04 Å². The van der Waals surface area contributed by atoms with Gasteiger partial charge >= 0.3 is 11.8 Å². The van der Waals surface area contributed by atoms with E-state index in [-0.39, 0.29) is 19.4 Å². The zero-order chi connectivity index (χ0) is 20.9. The number of amides is 2. The van der Waals surface area contributed by atoms with E-state index >= 15 is 0 Å². The number of halogens is 1. The molecular weight excluding hydrogens is 410 g/mol. The molecule has 2 amide bonds. The van der Waals surface area contributed by atoms with Crippen LogP contribution >= 0.6 is 11.6 Å². The molecule has 0 bridgehead atoms. The normalized spacial score (nSPS) is 16.7. The minimum Gasteiger partial charge on any atom is -0.454 e. The maximum Gasteiger partial charge on any atom is 0.313 e. The Bertz CT molecular complexity index is 933. The van der Waals surface area contributed by atoms with E-state index in [0.29, 0.717) is 35.4 Å². The second-order valence-corrected chi connectivity index (χ2v) is 7.33. The lowest BCUT2D eigenvalue weighted by Crippen LogP contribution is -2.45. The third-order valence-corrected chi connectivity index (χ3v) is 5.38. The number of rotatable bonds is 5. The van der Waals surface area contributed by atoms with E-state index < -0.39 is 11.8 Å². The van der Waals surface area contributed by atoms with Crippen LogP contribution in [0.4, 0.5) is 5.69 Å². The van der Waals surface area contributed by atoms with Crippen LogP contribution in [0.5, 0.6) is 11.5 Å². The van der Waals surface area contributed by atoms with Crippen LogP contribution in [-0.4, -0.2) is 56.4 Å². The topological polar surface area (TPSA) is 89.1 Å². The number of para-hydroxylation sites is 1. The monoisotopic (exact) mass is 431 g/mol. The SMILES string of the molecule is O=C(NCC(c1ccc2c(c1)OCO2)N1CCOCC1)C(=O)Nc1ccccc1Cl. The summed E-state index contributed by atoms with van der Waals surface area (Å²) in [6.45, 7) is 3.12. The smallest absolute Gasteiger partial charge is 0.313 e. The van der Waals surface area contributed by atoms with Crippen molar-refractivity contribution >= 4 is 29.1 Å². The van der Waals surface area contributed by atoms with Crippen molar-refractivity contribution in [3.8, 4) is 11.5 Å². The molecule has 2 aliphatic heterocycles. The Morgan fingerprint density at radius 3 is 2.60 bits per heavy atom. The summed E-state index contributed by atoms with van der Waals surface area (Å²) in [5.41, 5.74) is 1.35. The molecule has 0 spiro atoms. The van der Waals surface area contributed by atoms with Gasteiger partial charge in [-0.1, -0.05) is 29.8 Å². The van der Waals surface area contributed by atoms with E-state index in [4.69, 9.17) is 25.8 Å². The molecular formula is C21H22ClN3O5. The number of hydrogen-bond acceptors (Lipinski definition) is 6. The van der Waals surface area contributed by atoms with Gasteiger partial charge in [0, 0.05) is 19.6 Å². The summed E-state index contributed by atoms with van der Waals surface area (Å²) in [5, 5.41) is 5.64. The van der Waals surface area contributed by atoms with Crippen molar-refractivity contribution in [1.29, 1.82) is 0 Å². The molecule has 1 saturated heterocycles. The molecule has 2 aromatic rings. The first kappa shape index (κ1) is 20.5. The molecule has 1 unspecified atom stereocenters. The Balaban J connectivity index is 1.44. The van der Waals surface area contributed by atoms with E-state index in [1.165, 1.54) is 0 Å². The standard InChI is InChI=1S/C21H22ClN3O5/c22-15-3-1-2-4-16(15)24-21(27)20(26)23-12-17(25-7-9-28-10-8-25)14-5-6-18-19(11-14)30-13-29-18/h1-6,11,17H,7-10,12-13H2,(H,23,26)(H,24,27). The van der Waals surface area contributed by atoms with Gasteiger partial charge in [0.1, 0.15) is 0 Å². The first-order chi connectivity index (χ1) is 14.6. The van der Waals surface area contributed by atoms with E-state index in [0.717, 1.165) is 18.7 Å². The molecule has 30 heavy (non-hydrogen) atoms. The Labute approximate surface area is 179 Å². The van der Waals surface area contributed by atoms with E-state index in [9.17, 15) is 9.59 Å². The first-order valence-corrected chi connectivity index (χ1v) is 10.0. The van der Waals surface area contributed by atoms with Crippen LogP contribution in [0.25, 0.3) is 0 Å². The number of carbonyl (C=O) groups is 2. The molecule has 1 atom stereocenters. The number of benzene rings is 2. The summed E-state index contributed by atoms with van der Waals surface area (Å²) in [6.07, 6.45) is 0. The van der Waals surface area contributed by atoms with Crippen molar-refractivity contribution in [2.75, 3.05) is 45.0 Å². The van der Waals surface area contributed by atoms with Crippen LogP contribution in [0.1, 0.15) is 11.6 Å². The van der Waals surface area contributed by atoms with Gasteiger partial charge in [0.25, 0.3) is 0 Å². The zero-order valence-electron chi connectivity index (χ0n) is 16.2. The van der Waals surface area contributed by atoms with Gasteiger partial charge in [-0.2, -0.15) is 0 Å². The molecule has 0 saturated carbocycles. The lowest BCUT2D eigenvalue weighted by Gasteiger charge is -2.34. The Morgan fingerprint density at radius 1 is 1.03 bits per heavy atom. The summed E-state index contributed by atoms with van der Waals surface area (Å²) in [7, 11) is 0. The van der Waals surface area contributed by atoms with E-state index in [2.05, 4.69) is 15.5 Å². The fourth-order valence-corrected chi connectivity index (χ4v) is 3.66. The highest BCUT2D eigenvalue weighted by Crippen LogP contribution is 2.35. The molecule has 2 aliphatic rings. The van der Waals surface area contributed by atoms with E-state index in [1.807, 2.05) is 18.2 Å². The first-order valence-electron chi connectivity index (χ1n) is 9.67. The lowest BCUT2D eigenvalue weighted by molar-refractivity contribution is -0.136. The van der Waals surface area contributed by atoms with Crippen molar-refractivity contribution in [2.24, 2.45) is 0 Å². The van der Waals surface area contributed by atoms with Gasteiger partial charge in [-0.05, 0) is 29.8 Å². The number of anilines is 1. The van der Waals surface area contributed by atoms with Gasteiger partial charge in [-0.15, -0.1) is 0 Å². The molecule has 0 aliphatic carbocycles. The largest absolute Gasteiger partial charge is 0.454 e. The third-order valence-electron chi connectivity index (χ3n) is 5.05. The molecule has 0 aromatic heterocycles. The Hall–Kier alpha value is -2.81. The summed E-state index contributed by atoms with van der Waals surface area (Å²) < 4.78 is 16.3. The number of fused-ring (bicyclic) bond motifs is 1. The maximum absolute atomic E-state index is 12.4. The molecule has 2 aromatic carbocycles. The number of morpholine rings is 1. The fourth-order valence-electron chi connectivity index (χ4n) is 3.48. The molecule has 158 valence electrons. The van der Waals surface area contributed by atoms with Crippen molar-refractivity contribution in [1.82, 2.24) is 10.2 Å². The highest BCUT2D eigenvalue weighted by molar-refractivity contribution is 6.41. The van der Waals surface area contributed by atoms with Crippen molar-refractivity contribution in [3.05, 3.63) is 53.1 Å². The second-order valence-electron chi connectivity index (χ2n) is 6.92. The second kappa shape index (κ2) is 9.34. The van der Waals surface area contributed by atoms with Crippen LogP contribution in [-0.2, 0) is 14.3 Å². The number of carbonyl (C=O) groups excluding carboxylic acids is 2. The van der Waals surface area contributed by atoms with Crippen LogP contribution in [0.15, 0.2) is 42.5 Å². The third kappa shape index (κ3) is 4.67. The molecule has 8 nitrogen and oxygen atoms in total. The van der Waals surface area contributed by atoms with Gasteiger partial charge in [0.2, 0.25) is 6.79 Å². The minimum atomic E-state index is -0.769. The van der Waals surface area contributed by atoms with E-state index in [1.54, 1.807) is 24.3 Å². The van der Waals surface area contributed by atoms with Crippen LogP contribution in [0.3, 0.4) is 0 Å². The Kier molecular flexibility index (Phi) is 6.37. The maximum atomic E-state index is 12.4. The average molecular weight is 432 g/mol. The molecule has 2 heterocycles. The fraction of sp³-hybridized carbons (Fsp3) is 0.333. The minimum absolute atomic E-state index is 0.138. The van der Waals surface area contributed by atoms with Gasteiger partial charge < -0.3 is 24.8 Å². The summed E-state index contributed by atoms with van der Waals surface area (Å²) in [4.78, 5) is 26.9. The number of hydrogen-bond donors (Lipinski definition) is 2. The van der Waals surface area contributed by atoms with Crippen LogP contribution in [0, 0.1) is 0 Å². The quantitative estimate of drug-likeness (QED) is 0.705. The molecule has 1 fully saturated rings. The molecule has 2 N–H and O–H groups in total. The van der Waals surface area contributed by atoms with Gasteiger partial charge in [-0.25, -0.2) is 0 Å². The highest BCUT2D eigenvalue weighted by atomic mass is 35.5. The lowest BCUT2D eigenvalue weighted by atomic mass is 10.0.